The molecule has 0 amide bonds. The molecule has 0 saturated heterocycles. The van der Waals surface area contributed by atoms with Crippen molar-refractivity contribution in [3.8, 4) is 11.4 Å². The quantitative estimate of drug-likeness (QED) is 0.519. The molecule has 0 atom stereocenters. The van der Waals surface area contributed by atoms with Gasteiger partial charge in [0.1, 0.15) is 13.7 Å². The van der Waals surface area contributed by atoms with Gasteiger partial charge in [-0.2, -0.15) is 0 Å². The fraction of sp³-hybridized carbons (Fsp3) is 0. The topological polar surface area (TPSA) is 28.7 Å². The van der Waals surface area contributed by atoms with Crippen molar-refractivity contribution in [1.82, 2.24) is 9.97 Å². The van der Waals surface area contributed by atoms with Gasteiger partial charge in [0.25, 0.3) is 0 Å². The maximum absolute atomic E-state index is 6.12. The van der Waals surface area contributed by atoms with Crippen LogP contribution in [0.15, 0.2) is 60.7 Å². The molecule has 1 N–H and O–H groups in total. The highest BCUT2D eigenvalue weighted by molar-refractivity contribution is 6.40. The van der Waals surface area contributed by atoms with Crippen LogP contribution in [0.3, 0.4) is 0 Å². The Morgan fingerprint density at radius 1 is 0.850 bits per heavy atom. The summed E-state index contributed by atoms with van der Waals surface area (Å²) in [6.07, 6.45) is 0. The van der Waals surface area contributed by atoms with Crippen LogP contribution in [0.4, 0.5) is 0 Å². The van der Waals surface area contributed by atoms with Gasteiger partial charge in [-0.15, -0.1) is 0 Å². The lowest BCUT2D eigenvalue weighted by molar-refractivity contribution is 1.34. The number of aromatic amines is 1. The van der Waals surface area contributed by atoms with Crippen molar-refractivity contribution in [1.29, 1.82) is 0 Å². The molecule has 92 valence electrons. The molecule has 2 radical (unpaired) electrons. The number of hydrogen-bond acceptors (Lipinski definition) is 1. The van der Waals surface area contributed by atoms with Crippen molar-refractivity contribution < 1.29 is 0 Å². The average molecular weight is 254 g/mol. The van der Waals surface area contributed by atoms with Gasteiger partial charge in [-0.05, 0) is 11.5 Å². The van der Waals surface area contributed by atoms with Crippen molar-refractivity contribution in [2.45, 2.75) is 0 Å². The number of rotatable bonds is 1. The Morgan fingerprint density at radius 3 is 2.35 bits per heavy atom. The molecular weight excluding hydrogens is 243 g/mol. The summed E-state index contributed by atoms with van der Waals surface area (Å²) < 4.78 is 0. The number of imidazole rings is 1. The molecule has 0 spiro atoms. The predicted octanol–water partition coefficient (Wildman–Crippen LogP) is 3.18. The van der Waals surface area contributed by atoms with Crippen LogP contribution in [0.25, 0.3) is 33.2 Å². The number of nitrogens with zero attached hydrogens (tertiary/aromatic N) is 1. The smallest absolute Gasteiger partial charge is 0.138 e. The minimum absolute atomic E-state index is 0.774. The summed E-state index contributed by atoms with van der Waals surface area (Å²) in [6.45, 7) is 0. The first-order valence-electron chi connectivity index (χ1n) is 6.55. The molecule has 3 heteroatoms. The highest BCUT2D eigenvalue weighted by atomic mass is 14.9. The number of hydrogen-bond donors (Lipinski definition) is 1. The van der Waals surface area contributed by atoms with Crippen LogP contribution >= 0.6 is 0 Å². The molecule has 20 heavy (non-hydrogen) atoms. The monoisotopic (exact) mass is 254 g/mol. The largest absolute Gasteiger partial charge is 0.338 e. The van der Waals surface area contributed by atoms with Gasteiger partial charge in [0.15, 0.2) is 0 Å². The van der Waals surface area contributed by atoms with Crippen molar-refractivity contribution in [3.63, 3.8) is 0 Å². The zero-order valence-electron chi connectivity index (χ0n) is 10.8. The summed E-state index contributed by atoms with van der Waals surface area (Å²) in [5, 5.41) is 2.13. The first-order valence-corrected chi connectivity index (χ1v) is 6.55. The Labute approximate surface area is 117 Å². The molecule has 0 bridgehead atoms. The summed E-state index contributed by atoms with van der Waals surface area (Å²) >= 11 is 0. The first-order chi connectivity index (χ1) is 9.83. The fourth-order valence-corrected chi connectivity index (χ4v) is 2.60. The molecule has 1 heterocycles. The van der Waals surface area contributed by atoms with E-state index in [9.17, 15) is 0 Å². The zero-order valence-corrected chi connectivity index (χ0v) is 10.8. The Hall–Kier alpha value is -2.55. The van der Waals surface area contributed by atoms with E-state index >= 15 is 0 Å². The molecule has 0 aliphatic heterocycles. The summed E-state index contributed by atoms with van der Waals surface area (Å²) in [6, 6.07) is 20.2. The van der Waals surface area contributed by atoms with Gasteiger partial charge >= 0.3 is 0 Å². The zero-order chi connectivity index (χ0) is 13.5. The van der Waals surface area contributed by atoms with Crippen LogP contribution in [0, 0.1) is 0 Å². The van der Waals surface area contributed by atoms with Gasteiger partial charge in [-0.1, -0.05) is 60.1 Å². The fourth-order valence-electron chi connectivity index (χ4n) is 2.60. The van der Waals surface area contributed by atoms with Gasteiger partial charge in [0.05, 0.1) is 11.0 Å². The SMILES string of the molecule is [B]c1cc2[nH]c(-c3ccccc3)nc2c2ccccc12. The van der Waals surface area contributed by atoms with E-state index in [1.165, 1.54) is 0 Å². The number of fused-ring (bicyclic) bond motifs is 3. The Morgan fingerprint density at radius 2 is 1.55 bits per heavy atom. The van der Waals surface area contributed by atoms with Crippen LogP contribution < -0.4 is 5.46 Å². The summed E-state index contributed by atoms with van der Waals surface area (Å²) in [5.74, 6) is 0.872. The molecule has 3 aromatic carbocycles. The number of H-pyrrole nitrogens is 1. The van der Waals surface area contributed by atoms with Gasteiger partial charge in [-0.3, -0.25) is 0 Å². The number of nitrogens with one attached hydrogen (secondary N) is 1. The molecule has 2 nitrogen and oxygen atoms in total. The molecule has 4 rings (SSSR count). The summed E-state index contributed by atoms with van der Waals surface area (Å²) in [7, 11) is 6.12. The second-order valence-corrected chi connectivity index (χ2v) is 4.86. The van der Waals surface area contributed by atoms with E-state index in [4.69, 9.17) is 12.8 Å². The lowest BCUT2D eigenvalue weighted by atomic mass is 9.89. The van der Waals surface area contributed by atoms with E-state index in [0.29, 0.717) is 0 Å². The normalized spacial score (nSPS) is 11.2. The maximum atomic E-state index is 6.12. The molecule has 0 unspecified atom stereocenters. The molecule has 0 fully saturated rings. The van der Waals surface area contributed by atoms with E-state index in [1.54, 1.807) is 0 Å². The highest BCUT2D eigenvalue weighted by Gasteiger charge is 2.09. The highest BCUT2D eigenvalue weighted by Crippen LogP contribution is 2.25. The number of benzene rings is 3. The van der Waals surface area contributed by atoms with E-state index in [1.807, 2.05) is 54.6 Å². The molecule has 1 aromatic heterocycles. The van der Waals surface area contributed by atoms with Crippen molar-refractivity contribution >= 4 is 35.1 Å². The first kappa shape index (κ1) is 11.3. The standard InChI is InChI=1S/C17H11BN2/c18-14-10-15-16(13-9-5-4-8-12(13)14)20-17(19-15)11-6-2-1-3-7-11/h1-10H,(H,19,20). The van der Waals surface area contributed by atoms with E-state index in [2.05, 4.69) is 11.1 Å². The third-order valence-corrected chi connectivity index (χ3v) is 3.57. The number of aromatic nitrogens is 2. The van der Waals surface area contributed by atoms with Crippen LogP contribution in [0.1, 0.15) is 0 Å². The Bertz CT molecular complexity index is 910. The molecule has 0 saturated carbocycles. The Balaban J connectivity index is 2.07. The predicted molar refractivity (Wildman–Crippen MR) is 84.4 cm³/mol. The Kier molecular flexibility index (Phi) is 2.39. The van der Waals surface area contributed by atoms with E-state index in [-0.39, 0.29) is 0 Å². The van der Waals surface area contributed by atoms with Crippen LogP contribution in [0.2, 0.25) is 0 Å². The molecule has 0 aliphatic rings. The minimum atomic E-state index is 0.774. The van der Waals surface area contributed by atoms with Gasteiger partial charge in [-0.25, -0.2) is 4.98 Å². The van der Waals surface area contributed by atoms with Crippen LogP contribution in [-0.4, -0.2) is 17.8 Å². The maximum Gasteiger partial charge on any atom is 0.138 e. The summed E-state index contributed by atoms with van der Waals surface area (Å²) in [4.78, 5) is 8.09. The second kappa shape index (κ2) is 4.24. The van der Waals surface area contributed by atoms with E-state index in [0.717, 1.165) is 38.7 Å². The third-order valence-electron chi connectivity index (χ3n) is 3.57. The average Bonchev–Trinajstić information content (AvgIpc) is 2.93. The van der Waals surface area contributed by atoms with Crippen molar-refractivity contribution in [2.24, 2.45) is 0 Å². The molecular formula is C17H11BN2. The van der Waals surface area contributed by atoms with Crippen molar-refractivity contribution in [3.05, 3.63) is 60.7 Å². The molecule has 4 aromatic rings. The van der Waals surface area contributed by atoms with E-state index < -0.39 is 0 Å². The third kappa shape index (κ3) is 1.63. The van der Waals surface area contributed by atoms with Gasteiger partial charge < -0.3 is 4.98 Å². The summed E-state index contributed by atoms with van der Waals surface area (Å²) in [5.41, 5.74) is 3.79. The lowest BCUT2D eigenvalue weighted by Gasteiger charge is -2.02. The van der Waals surface area contributed by atoms with Crippen molar-refractivity contribution in [2.75, 3.05) is 0 Å². The minimum Gasteiger partial charge on any atom is -0.338 e. The molecule has 0 aliphatic carbocycles. The lowest BCUT2D eigenvalue weighted by Crippen LogP contribution is -2.03. The van der Waals surface area contributed by atoms with Crippen LogP contribution in [-0.2, 0) is 0 Å². The van der Waals surface area contributed by atoms with Crippen LogP contribution in [0.5, 0.6) is 0 Å². The van der Waals surface area contributed by atoms with Gasteiger partial charge in [0.2, 0.25) is 0 Å². The van der Waals surface area contributed by atoms with Gasteiger partial charge in [0, 0.05) is 10.9 Å². The second-order valence-electron chi connectivity index (χ2n) is 4.86.